The van der Waals surface area contributed by atoms with Crippen LogP contribution in [0.25, 0.3) is 5.76 Å². The Morgan fingerprint density at radius 2 is 1.93 bits per heavy atom. The molecular weight excluding hydrogens is 362 g/mol. The molecule has 3 rings (SSSR count). The average molecular weight is 385 g/mol. The molecule has 6 heteroatoms. The molecule has 1 aromatic heterocycles. The molecule has 142 valence electrons. The van der Waals surface area contributed by atoms with E-state index in [1.807, 2.05) is 37.4 Å². The van der Waals surface area contributed by atoms with Crippen LogP contribution in [0.2, 0.25) is 0 Å². The molecule has 0 radical (unpaired) electrons. The third-order valence-electron chi connectivity index (χ3n) is 4.39. The van der Waals surface area contributed by atoms with Crippen LogP contribution in [0.1, 0.15) is 36.8 Å². The monoisotopic (exact) mass is 385 g/mol. The first-order valence-electron chi connectivity index (χ1n) is 8.99. The molecular formula is C21H23NO4S. The molecule has 2 aromatic rings. The Hall–Kier alpha value is -2.44. The van der Waals surface area contributed by atoms with E-state index in [0.29, 0.717) is 25.1 Å². The highest BCUT2D eigenvalue weighted by Gasteiger charge is 2.46. The van der Waals surface area contributed by atoms with Crippen LogP contribution in [-0.4, -0.2) is 41.0 Å². The fraction of sp³-hybridized carbons (Fsp3) is 0.333. The number of ether oxygens (including phenoxy) is 1. The molecule has 27 heavy (non-hydrogen) atoms. The topological polar surface area (TPSA) is 66.8 Å². The summed E-state index contributed by atoms with van der Waals surface area (Å²) in [5.41, 5.74) is 0.679. The van der Waals surface area contributed by atoms with Crippen LogP contribution in [-0.2, 0) is 14.3 Å². The van der Waals surface area contributed by atoms with Crippen LogP contribution in [0.15, 0.2) is 53.4 Å². The highest BCUT2D eigenvalue weighted by molar-refractivity contribution is 7.10. The number of Topliss-reactive ketones (excluding diaryl/α,β-unsaturated/α-hetero) is 1. The Bertz CT molecular complexity index is 827. The van der Waals surface area contributed by atoms with E-state index in [1.54, 1.807) is 29.2 Å². The van der Waals surface area contributed by atoms with Crippen LogP contribution in [0, 0.1) is 0 Å². The van der Waals surface area contributed by atoms with Gasteiger partial charge >= 0.3 is 0 Å². The van der Waals surface area contributed by atoms with Gasteiger partial charge in [0, 0.05) is 23.6 Å². The zero-order valence-electron chi connectivity index (χ0n) is 15.4. The van der Waals surface area contributed by atoms with Crippen LogP contribution >= 0.6 is 11.3 Å². The molecule has 0 bridgehead atoms. The van der Waals surface area contributed by atoms with E-state index in [0.717, 1.165) is 4.88 Å². The highest BCUT2D eigenvalue weighted by atomic mass is 32.1. The van der Waals surface area contributed by atoms with Crippen molar-refractivity contribution in [2.24, 2.45) is 0 Å². The molecule has 0 unspecified atom stereocenters. The van der Waals surface area contributed by atoms with E-state index in [9.17, 15) is 14.7 Å². The van der Waals surface area contributed by atoms with Crippen molar-refractivity contribution < 1.29 is 19.4 Å². The van der Waals surface area contributed by atoms with E-state index in [4.69, 9.17) is 4.74 Å². The van der Waals surface area contributed by atoms with E-state index >= 15 is 0 Å². The second kappa shape index (κ2) is 8.50. The molecule has 1 N–H and O–H groups in total. The maximum atomic E-state index is 12.7. The second-order valence-electron chi connectivity index (χ2n) is 6.65. The fourth-order valence-corrected chi connectivity index (χ4v) is 4.00. The average Bonchev–Trinajstić information content (AvgIpc) is 3.27. The van der Waals surface area contributed by atoms with Gasteiger partial charge in [-0.25, -0.2) is 0 Å². The lowest BCUT2D eigenvalue weighted by molar-refractivity contribution is -0.140. The lowest BCUT2D eigenvalue weighted by Gasteiger charge is -2.24. The molecule has 0 spiro atoms. The van der Waals surface area contributed by atoms with E-state index in [1.165, 1.54) is 11.3 Å². The van der Waals surface area contributed by atoms with E-state index in [2.05, 4.69) is 0 Å². The minimum atomic E-state index is -0.639. The van der Waals surface area contributed by atoms with Gasteiger partial charge in [0.25, 0.3) is 11.7 Å². The normalized spacial score (nSPS) is 19.2. The van der Waals surface area contributed by atoms with Gasteiger partial charge in [0.05, 0.1) is 17.7 Å². The number of hydrogen-bond donors (Lipinski definition) is 1. The smallest absolute Gasteiger partial charge is 0.295 e. The van der Waals surface area contributed by atoms with Crippen molar-refractivity contribution in [3.63, 3.8) is 0 Å². The molecule has 1 atom stereocenters. The predicted molar refractivity (Wildman–Crippen MR) is 105 cm³/mol. The quantitative estimate of drug-likeness (QED) is 0.339. The van der Waals surface area contributed by atoms with Gasteiger partial charge in [-0.15, -0.1) is 11.3 Å². The van der Waals surface area contributed by atoms with Crippen molar-refractivity contribution in [3.05, 3.63) is 63.9 Å². The van der Waals surface area contributed by atoms with Gasteiger partial charge in [-0.3, -0.25) is 9.59 Å². The van der Waals surface area contributed by atoms with Gasteiger partial charge in [-0.05, 0) is 31.7 Å². The summed E-state index contributed by atoms with van der Waals surface area (Å²) in [4.78, 5) is 27.8. The van der Waals surface area contributed by atoms with E-state index in [-0.39, 0.29) is 17.4 Å². The van der Waals surface area contributed by atoms with Crippen LogP contribution < -0.4 is 0 Å². The number of ketones is 1. The van der Waals surface area contributed by atoms with Crippen LogP contribution in [0.3, 0.4) is 0 Å². The van der Waals surface area contributed by atoms with Crippen molar-refractivity contribution in [1.82, 2.24) is 4.90 Å². The van der Waals surface area contributed by atoms with Gasteiger partial charge in [-0.2, -0.15) is 0 Å². The Morgan fingerprint density at radius 3 is 2.56 bits per heavy atom. The first-order valence-corrected chi connectivity index (χ1v) is 9.87. The van der Waals surface area contributed by atoms with Crippen LogP contribution in [0.5, 0.6) is 0 Å². The summed E-state index contributed by atoms with van der Waals surface area (Å²) in [7, 11) is 0. The van der Waals surface area contributed by atoms with Crippen LogP contribution in [0.4, 0.5) is 0 Å². The molecule has 2 heterocycles. The summed E-state index contributed by atoms with van der Waals surface area (Å²) < 4.78 is 5.55. The maximum absolute atomic E-state index is 12.7. The molecule has 1 aromatic carbocycles. The number of carbonyl (C=O) groups is 2. The number of thiophene rings is 1. The summed E-state index contributed by atoms with van der Waals surface area (Å²) in [6, 6.07) is 12.1. The maximum Gasteiger partial charge on any atom is 0.295 e. The molecule has 5 nitrogen and oxygen atoms in total. The number of amides is 1. The minimum Gasteiger partial charge on any atom is -0.507 e. The number of aliphatic hydroxyl groups is 1. The van der Waals surface area contributed by atoms with Gasteiger partial charge in [0.2, 0.25) is 0 Å². The van der Waals surface area contributed by atoms with Crippen molar-refractivity contribution in [1.29, 1.82) is 0 Å². The lowest BCUT2D eigenvalue weighted by Crippen LogP contribution is -2.31. The number of hydrogen-bond acceptors (Lipinski definition) is 5. The molecule has 1 aliphatic heterocycles. The number of nitrogens with zero attached hydrogens (tertiary/aromatic N) is 1. The molecule has 0 saturated carbocycles. The SMILES string of the molecule is CC(C)OCCCN1C(=O)C(=O)C(=C(O)c2ccccc2)[C@H]1c1cccs1. The third-order valence-corrected chi connectivity index (χ3v) is 5.32. The Balaban J connectivity index is 1.95. The summed E-state index contributed by atoms with van der Waals surface area (Å²) in [5.74, 6) is -1.34. The summed E-state index contributed by atoms with van der Waals surface area (Å²) in [6.45, 7) is 4.82. The first-order chi connectivity index (χ1) is 13.0. The summed E-state index contributed by atoms with van der Waals surface area (Å²) in [6.07, 6.45) is 0.741. The van der Waals surface area contributed by atoms with E-state index < -0.39 is 17.7 Å². The van der Waals surface area contributed by atoms with Crippen molar-refractivity contribution in [2.75, 3.05) is 13.2 Å². The Kier molecular flexibility index (Phi) is 6.08. The van der Waals surface area contributed by atoms with Gasteiger partial charge in [0.15, 0.2) is 0 Å². The molecule has 1 aliphatic rings. The minimum absolute atomic E-state index is 0.117. The highest BCUT2D eigenvalue weighted by Crippen LogP contribution is 2.40. The van der Waals surface area contributed by atoms with Gasteiger partial charge in [-0.1, -0.05) is 36.4 Å². The van der Waals surface area contributed by atoms with Crippen molar-refractivity contribution >= 4 is 28.8 Å². The Morgan fingerprint density at radius 1 is 1.19 bits per heavy atom. The standard InChI is InChI=1S/C21H23NO4S/c1-14(2)26-12-7-11-22-18(16-10-6-13-27-16)17(20(24)21(22)25)19(23)15-8-4-3-5-9-15/h3-6,8-10,13-14,18,23H,7,11-12H2,1-2H3/t18-/m1/s1. The number of rotatable bonds is 7. The fourth-order valence-electron chi connectivity index (χ4n) is 3.16. The summed E-state index contributed by atoms with van der Waals surface area (Å²) >= 11 is 1.47. The second-order valence-corrected chi connectivity index (χ2v) is 7.63. The molecule has 0 aliphatic carbocycles. The number of aliphatic hydroxyl groups excluding tert-OH is 1. The van der Waals surface area contributed by atoms with Gasteiger partial charge < -0.3 is 14.7 Å². The largest absolute Gasteiger partial charge is 0.507 e. The number of benzene rings is 1. The Labute approximate surface area is 162 Å². The van der Waals surface area contributed by atoms with Gasteiger partial charge in [0.1, 0.15) is 5.76 Å². The molecule has 1 fully saturated rings. The third kappa shape index (κ3) is 4.12. The number of carbonyl (C=O) groups excluding carboxylic acids is 2. The first kappa shape index (κ1) is 19.3. The molecule has 1 saturated heterocycles. The molecule has 1 amide bonds. The lowest BCUT2D eigenvalue weighted by atomic mass is 10.00. The zero-order valence-corrected chi connectivity index (χ0v) is 16.2. The summed E-state index contributed by atoms with van der Waals surface area (Å²) in [5, 5.41) is 12.7. The zero-order chi connectivity index (χ0) is 19.4. The van der Waals surface area contributed by atoms with Crippen molar-refractivity contribution in [2.45, 2.75) is 32.4 Å². The number of likely N-dealkylation sites (tertiary alicyclic amines) is 1. The van der Waals surface area contributed by atoms with Crippen molar-refractivity contribution in [3.8, 4) is 0 Å². The predicted octanol–water partition coefficient (Wildman–Crippen LogP) is 3.98.